The van der Waals surface area contributed by atoms with Gasteiger partial charge in [0.05, 0.1) is 25.8 Å². The van der Waals surface area contributed by atoms with Gasteiger partial charge in [-0.3, -0.25) is 9.89 Å². The van der Waals surface area contributed by atoms with Crippen molar-refractivity contribution in [3.63, 3.8) is 0 Å². The lowest BCUT2D eigenvalue weighted by Gasteiger charge is -2.27. The molecule has 0 spiro atoms. The van der Waals surface area contributed by atoms with Crippen LogP contribution in [0.2, 0.25) is 0 Å². The molecule has 6 nitrogen and oxygen atoms in total. The van der Waals surface area contributed by atoms with Crippen LogP contribution in [0.15, 0.2) is 53.5 Å². The molecule has 3 N–H and O–H groups in total. The second-order valence-electron chi connectivity index (χ2n) is 7.67. The van der Waals surface area contributed by atoms with Gasteiger partial charge < -0.3 is 20.5 Å². The number of hydrogen-bond acceptors (Lipinski definition) is 4. The molecule has 1 aliphatic rings. The quantitative estimate of drug-likeness (QED) is 0.249. The average molecular weight is 556 g/mol. The molecular weight excluding hydrogens is 522 g/mol. The Balaban J connectivity index is 0.00000363. The zero-order valence-corrected chi connectivity index (χ0v) is 21.1. The summed E-state index contributed by atoms with van der Waals surface area (Å²) in [5.41, 5.74) is 1.45. The van der Waals surface area contributed by atoms with Crippen LogP contribution in [0.3, 0.4) is 0 Å². The van der Waals surface area contributed by atoms with Gasteiger partial charge in [-0.1, -0.05) is 30.3 Å². The number of nitrogens with zero attached hydrogens (tertiary/aromatic N) is 2. The van der Waals surface area contributed by atoms with Crippen LogP contribution in [-0.2, 0) is 0 Å². The molecule has 2 unspecified atom stereocenters. The van der Waals surface area contributed by atoms with Crippen LogP contribution in [0.4, 0.5) is 4.39 Å². The number of nitrogens with one attached hydrogen (secondary N) is 2. The summed E-state index contributed by atoms with van der Waals surface area (Å²) in [7, 11) is 1.68. The standard InChI is InChI=1S/C24H33FN4O2.HI/c1-3-26-24(28-17-23(30)20-11-4-5-12-21(20)25)27-16-22(29-13-6-7-14-29)18-9-8-10-19(15-18)31-2;/h4-5,8-12,15,22-23,30H,3,6-7,13-14,16-17H2,1-2H3,(H2,26,27,28);1H. The molecule has 32 heavy (non-hydrogen) atoms. The molecule has 1 fully saturated rings. The van der Waals surface area contributed by atoms with Crippen molar-refractivity contribution in [1.82, 2.24) is 15.5 Å². The zero-order chi connectivity index (χ0) is 22.1. The van der Waals surface area contributed by atoms with Gasteiger partial charge in [-0.15, -0.1) is 24.0 Å². The first-order chi connectivity index (χ1) is 15.1. The average Bonchev–Trinajstić information content (AvgIpc) is 3.32. The molecule has 3 rings (SSSR count). The Morgan fingerprint density at radius 3 is 2.59 bits per heavy atom. The van der Waals surface area contributed by atoms with Crippen molar-refractivity contribution in [2.75, 3.05) is 39.8 Å². The molecule has 0 radical (unpaired) electrons. The first-order valence-corrected chi connectivity index (χ1v) is 10.9. The van der Waals surface area contributed by atoms with E-state index in [9.17, 15) is 9.50 Å². The van der Waals surface area contributed by atoms with Gasteiger partial charge in [0, 0.05) is 18.7 Å². The van der Waals surface area contributed by atoms with Crippen molar-refractivity contribution in [2.24, 2.45) is 4.99 Å². The molecule has 0 saturated carbocycles. The maximum atomic E-state index is 13.9. The first-order valence-electron chi connectivity index (χ1n) is 10.9. The second kappa shape index (κ2) is 13.6. The van der Waals surface area contributed by atoms with E-state index in [0.717, 1.165) is 18.8 Å². The van der Waals surface area contributed by atoms with Crippen LogP contribution in [0.5, 0.6) is 5.75 Å². The Morgan fingerprint density at radius 1 is 1.16 bits per heavy atom. The van der Waals surface area contributed by atoms with E-state index in [4.69, 9.17) is 9.73 Å². The molecular formula is C24H34FIN4O2. The number of likely N-dealkylation sites (tertiary alicyclic amines) is 1. The number of methoxy groups -OCH3 is 1. The molecule has 2 aromatic rings. The summed E-state index contributed by atoms with van der Waals surface area (Å²) in [4.78, 5) is 7.24. The van der Waals surface area contributed by atoms with Gasteiger partial charge >= 0.3 is 0 Å². The highest BCUT2D eigenvalue weighted by Gasteiger charge is 2.24. The van der Waals surface area contributed by atoms with Crippen LogP contribution < -0.4 is 15.4 Å². The number of ether oxygens (including phenoxy) is 1. The maximum Gasteiger partial charge on any atom is 0.191 e. The maximum absolute atomic E-state index is 13.9. The SMILES string of the molecule is CCNC(=NCC(c1cccc(OC)c1)N1CCCC1)NCC(O)c1ccccc1F.I. The van der Waals surface area contributed by atoms with E-state index < -0.39 is 11.9 Å². The number of aliphatic imine (C=N–C) groups is 1. The number of aliphatic hydroxyl groups excluding tert-OH is 1. The molecule has 1 heterocycles. The number of guanidine groups is 1. The summed E-state index contributed by atoms with van der Waals surface area (Å²) in [6.07, 6.45) is 1.42. The lowest BCUT2D eigenvalue weighted by molar-refractivity contribution is 0.176. The predicted molar refractivity (Wildman–Crippen MR) is 137 cm³/mol. The highest BCUT2D eigenvalue weighted by Crippen LogP contribution is 2.28. The monoisotopic (exact) mass is 556 g/mol. The van der Waals surface area contributed by atoms with Crippen molar-refractivity contribution in [2.45, 2.75) is 31.9 Å². The fourth-order valence-corrected chi connectivity index (χ4v) is 3.90. The van der Waals surface area contributed by atoms with Gasteiger partial charge in [0.2, 0.25) is 0 Å². The lowest BCUT2D eigenvalue weighted by atomic mass is 10.1. The van der Waals surface area contributed by atoms with Crippen LogP contribution in [0.1, 0.15) is 43.0 Å². The smallest absolute Gasteiger partial charge is 0.191 e. The van der Waals surface area contributed by atoms with Gasteiger partial charge in [-0.25, -0.2) is 4.39 Å². The van der Waals surface area contributed by atoms with Crippen LogP contribution >= 0.6 is 24.0 Å². The Hall–Kier alpha value is -1.91. The van der Waals surface area contributed by atoms with Crippen molar-refractivity contribution in [1.29, 1.82) is 0 Å². The third kappa shape index (κ3) is 7.31. The Kier molecular flexibility index (Phi) is 11.2. The van der Waals surface area contributed by atoms with Gasteiger partial charge in [0.1, 0.15) is 11.6 Å². The molecule has 1 aliphatic heterocycles. The Bertz CT molecular complexity index is 861. The van der Waals surface area contributed by atoms with Crippen LogP contribution in [0.25, 0.3) is 0 Å². The minimum Gasteiger partial charge on any atom is -0.497 e. The molecule has 8 heteroatoms. The van der Waals surface area contributed by atoms with E-state index in [0.29, 0.717) is 19.0 Å². The van der Waals surface area contributed by atoms with E-state index in [1.165, 1.54) is 24.5 Å². The highest BCUT2D eigenvalue weighted by atomic mass is 127. The van der Waals surface area contributed by atoms with Gasteiger partial charge in [0.25, 0.3) is 0 Å². The van der Waals surface area contributed by atoms with E-state index in [-0.39, 0.29) is 42.1 Å². The van der Waals surface area contributed by atoms with Gasteiger partial charge in [0.15, 0.2) is 5.96 Å². The molecule has 1 saturated heterocycles. The minimum atomic E-state index is -0.960. The molecule has 2 aromatic carbocycles. The third-order valence-corrected chi connectivity index (χ3v) is 5.55. The highest BCUT2D eigenvalue weighted by molar-refractivity contribution is 14.0. The summed E-state index contributed by atoms with van der Waals surface area (Å²) < 4.78 is 19.4. The normalized spacial score (nSPS) is 16.2. The van der Waals surface area contributed by atoms with Crippen LogP contribution in [-0.4, -0.2) is 55.8 Å². The number of rotatable bonds is 9. The molecule has 2 atom stereocenters. The molecule has 0 amide bonds. The molecule has 0 bridgehead atoms. The number of halogens is 2. The topological polar surface area (TPSA) is 69.1 Å². The van der Waals surface area contributed by atoms with Crippen molar-refractivity contribution in [3.05, 3.63) is 65.5 Å². The molecule has 0 aromatic heterocycles. The van der Waals surface area contributed by atoms with Crippen molar-refractivity contribution in [3.8, 4) is 5.75 Å². The Morgan fingerprint density at radius 2 is 1.91 bits per heavy atom. The second-order valence-corrected chi connectivity index (χ2v) is 7.67. The summed E-state index contributed by atoms with van der Waals surface area (Å²) in [5.74, 6) is 1.03. The van der Waals surface area contributed by atoms with E-state index in [1.807, 2.05) is 19.1 Å². The minimum absolute atomic E-state index is 0. The fraction of sp³-hybridized carbons (Fsp3) is 0.458. The summed E-state index contributed by atoms with van der Waals surface area (Å²) in [6.45, 7) is 5.51. The van der Waals surface area contributed by atoms with E-state index >= 15 is 0 Å². The first kappa shape index (κ1) is 26.3. The number of aliphatic hydroxyl groups is 1. The third-order valence-electron chi connectivity index (χ3n) is 5.55. The fourth-order valence-electron chi connectivity index (χ4n) is 3.90. The molecule has 0 aliphatic carbocycles. The van der Waals surface area contributed by atoms with E-state index in [1.54, 1.807) is 25.3 Å². The summed E-state index contributed by atoms with van der Waals surface area (Å²) in [6, 6.07) is 14.6. The number of benzene rings is 2. The number of hydrogen-bond donors (Lipinski definition) is 3. The summed E-state index contributed by atoms with van der Waals surface area (Å²) >= 11 is 0. The van der Waals surface area contributed by atoms with Crippen LogP contribution in [0, 0.1) is 5.82 Å². The van der Waals surface area contributed by atoms with Gasteiger partial charge in [-0.2, -0.15) is 0 Å². The molecule has 176 valence electrons. The summed E-state index contributed by atoms with van der Waals surface area (Å²) in [5, 5.41) is 16.8. The van der Waals surface area contributed by atoms with Gasteiger partial charge in [-0.05, 0) is 56.6 Å². The predicted octanol–water partition coefficient (Wildman–Crippen LogP) is 3.88. The van der Waals surface area contributed by atoms with Crippen molar-refractivity contribution >= 4 is 29.9 Å². The van der Waals surface area contributed by atoms with Crippen molar-refractivity contribution < 1.29 is 14.2 Å². The van der Waals surface area contributed by atoms with E-state index in [2.05, 4.69) is 27.7 Å². The Labute approximate surface area is 207 Å². The zero-order valence-electron chi connectivity index (χ0n) is 18.8. The lowest BCUT2D eigenvalue weighted by Crippen LogP contribution is -2.40. The largest absolute Gasteiger partial charge is 0.497 e.